The molecule has 0 aliphatic carbocycles. The van der Waals surface area contributed by atoms with Crippen LogP contribution in [-0.4, -0.2) is 69.1 Å². The van der Waals surface area contributed by atoms with Gasteiger partial charge in [0.1, 0.15) is 18.5 Å². The molecule has 0 spiro atoms. The molecule has 10 heteroatoms. The van der Waals surface area contributed by atoms with E-state index in [2.05, 4.69) is 15.2 Å². The van der Waals surface area contributed by atoms with Crippen LogP contribution in [0.5, 0.6) is 5.75 Å². The minimum atomic E-state index is -4.44. The quantitative estimate of drug-likeness (QED) is 0.258. The number of aliphatic imine (C=N–C) groups is 1. The zero-order valence-corrected chi connectivity index (χ0v) is 19.3. The molecule has 0 aromatic heterocycles. The van der Waals surface area contributed by atoms with E-state index in [4.69, 9.17) is 14.2 Å². The largest absolute Gasteiger partial charge is 0.491 e. The van der Waals surface area contributed by atoms with Gasteiger partial charge in [-0.05, 0) is 31.9 Å². The minimum absolute atomic E-state index is 0. The fraction of sp³-hybridized carbons (Fsp3) is 0.650. The molecular weight excluding hydrogens is 514 g/mol. The summed E-state index contributed by atoms with van der Waals surface area (Å²) in [7, 11) is 0. The van der Waals surface area contributed by atoms with Crippen molar-refractivity contribution >= 4 is 29.9 Å². The molecule has 2 saturated heterocycles. The van der Waals surface area contributed by atoms with Gasteiger partial charge in [-0.3, -0.25) is 0 Å². The molecule has 0 saturated carbocycles. The normalized spacial score (nSPS) is 22.5. The molecule has 0 radical (unpaired) electrons. The maximum absolute atomic E-state index is 13.0. The van der Waals surface area contributed by atoms with Crippen molar-refractivity contribution in [3.63, 3.8) is 0 Å². The fourth-order valence-corrected chi connectivity index (χ4v) is 3.55. The smallest absolute Gasteiger partial charge is 0.419 e. The van der Waals surface area contributed by atoms with E-state index in [-0.39, 0.29) is 55.1 Å². The molecule has 2 heterocycles. The van der Waals surface area contributed by atoms with Crippen LogP contribution in [0, 0.1) is 0 Å². The highest BCUT2D eigenvalue weighted by Gasteiger charge is 2.34. The van der Waals surface area contributed by atoms with Crippen LogP contribution in [0.15, 0.2) is 29.3 Å². The average molecular weight is 543 g/mol. The number of nitrogens with zero attached hydrogens (tertiary/aromatic N) is 2. The molecule has 1 N–H and O–H groups in total. The number of hydrogen-bond acceptors (Lipinski definition) is 4. The molecule has 3 rings (SSSR count). The standard InChI is InChI=1S/C20H28F3N3O3.HI/c1-2-24-19(26-10-13-29-18(14-26)17-8-5-11-27-17)25-9-12-28-16-7-4-3-6-15(16)20(21,22)23;/h3-4,6-7,17-18H,2,5,8-14H2,1H3,(H,24,25);1H. The summed E-state index contributed by atoms with van der Waals surface area (Å²) in [5, 5.41) is 3.24. The summed E-state index contributed by atoms with van der Waals surface area (Å²) in [5.41, 5.74) is -0.775. The Morgan fingerprint density at radius 3 is 2.70 bits per heavy atom. The average Bonchev–Trinajstić information content (AvgIpc) is 3.25. The minimum Gasteiger partial charge on any atom is -0.491 e. The Balaban J connectivity index is 0.00000320. The number of rotatable bonds is 6. The second-order valence-electron chi connectivity index (χ2n) is 6.98. The molecule has 30 heavy (non-hydrogen) atoms. The Morgan fingerprint density at radius 2 is 2.00 bits per heavy atom. The number of hydrogen-bond donors (Lipinski definition) is 1. The van der Waals surface area contributed by atoms with Crippen molar-refractivity contribution in [2.75, 3.05) is 46.0 Å². The van der Waals surface area contributed by atoms with Gasteiger partial charge >= 0.3 is 6.18 Å². The van der Waals surface area contributed by atoms with Crippen LogP contribution >= 0.6 is 24.0 Å². The maximum Gasteiger partial charge on any atom is 0.419 e. The molecule has 2 unspecified atom stereocenters. The van der Waals surface area contributed by atoms with Gasteiger partial charge in [0.05, 0.1) is 24.8 Å². The van der Waals surface area contributed by atoms with Crippen LogP contribution in [0.4, 0.5) is 13.2 Å². The molecular formula is C20H29F3IN3O3. The number of nitrogens with one attached hydrogen (secondary N) is 1. The van der Waals surface area contributed by atoms with Crippen molar-refractivity contribution in [3.05, 3.63) is 29.8 Å². The SMILES string of the molecule is CCNC(=NCCOc1ccccc1C(F)(F)F)N1CCOC(C2CCCO2)C1.I. The second kappa shape index (κ2) is 11.9. The summed E-state index contributed by atoms with van der Waals surface area (Å²) in [6.45, 7) is 5.71. The van der Waals surface area contributed by atoms with E-state index in [0.29, 0.717) is 32.2 Å². The molecule has 2 fully saturated rings. The van der Waals surface area contributed by atoms with Crippen molar-refractivity contribution in [1.29, 1.82) is 0 Å². The van der Waals surface area contributed by atoms with Crippen LogP contribution in [0.1, 0.15) is 25.3 Å². The lowest BCUT2D eigenvalue weighted by atomic mass is 10.1. The second-order valence-corrected chi connectivity index (χ2v) is 6.98. The first kappa shape index (κ1) is 25.0. The Hall–Kier alpha value is -1.27. The molecule has 0 amide bonds. The fourth-order valence-electron chi connectivity index (χ4n) is 3.55. The van der Waals surface area contributed by atoms with Crippen LogP contribution in [-0.2, 0) is 15.7 Å². The Kier molecular flexibility index (Phi) is 9.95. The first-order chi connectivity index (χ1) is 14.0. The van der Waals surface area contributed by atoms with Gasteiger partial charge in [0, 0.05) is 26.2 Å². The third-order valence-electron chi connectivity index (χ3n) is 4.91. The van der Waals surface area contributed by atoms with E-state index < -0.39 is 11.7 Å². The van der Waals surface area contributed by atoms with Gasteiger partial charge in [0.15, 0.2) is 5.96 Å². The highest BCUT2D eigenvalue weighted by molar-refractivity contribution is 14.0. The molecule has 1 aromatic rings. The van der Waals surface area contributed by atoms with Gasteiger partial charge < -0.3 is 24.4 Å². The molecule has 2 aliphatic heterocycles. The van der Waals surface area contributed by atoms with Crippen molar-refractivity contribution in [3.8, 4) is 5.75 Å². The van der Waals surface area contributed by atoms with Crippen LogP contribution in [0.25, 0.3) is 0 Å². The predicted molar refractivity (Wildman–Crippen MR) is 119 cm³/mol. The van der Waals surface area contributed by atoms with Gasteiger partial charge in [0.25, 0.3) is 0 Å². The van der Waals surface area contributed by atoms with E-state index in [1.165, 1.54) is 18.2 Å². The summed E-state index contributed by atoms with van der Waals surface area (Å²) >= 11 is 0. The number of halogens is 4. The lowest BCUT2D eigenvalue weighted by Gasteiger charge is -2.37. The van der Waals surface area contributed by atoms with Gasteiger partial charge in [-0.1, -0.05) is 12.1 Å². The number of morpholine rings is 1. The number of guanidine groups is 1. The summed E-state index contributed by atoms with van der Waals surface area (Å²) in [6.07, 6.45) is -2.28. The maximum atomic E-state index is 13.0. The topological polar surface area (TPSA) is 55.3 Å². The Bertz CT molecular complexity index is 685. The van der Waals surface area contributed by atoms with E-state index in [1.54, 1.807) is 0 Å². The first-order valence-corrected chi connectivity index (χ1v) is 10.0. The van der Waals surface area contributed by atoms with Crippen molar-refractivity contribution < 1.29 is 27.4 Å². The molecule has 2 aliphatic rings. The monoisotopic (exact) mass is 543 g/mol. The van der Waals surface area contributed by atoms with E-state index in [0.717, 1.165) is 25.5 Å². The molecule has 6 nitrogen and oxygen atoms in total. The lowest BCUT2D eigenvalue weighted by molar-refractivity contribution is -0.138. The van der Waals surface area contributed by atoms with Crippen molar-refractivity contribution in [2.24, 2.45) is 4.99 Å². The van der Waals surface area contributed by atoms with Gasteiger partial charge in [-0.2, -0.15) is 13.2 Å². The summed E-state index contributed by atoms with van der Waals surface area (Å²) in [6, 6.07) is 5.21. The Labute approximate surface area is 192 Å². The van der Waals surface area contributed by atoms with E-state index in [9.17, 15) is 13.2 Å². The highest BCUT2D eigenvalue weighted by atomic mass is 127. The van der Waals surface area contributed by atoms with E-state index in [1.807, 2.05) is 6.92 Å². The third-order valence-corrected chi connectivity index (χ3v) is 4.91. The van der Waals surface area contributed by atoms with Crippen molar-refractivity contribution in [2.45, 2.75) is 38.1 Å². The predicted octanol–water partition coefficient (Wildman–Crippen LogP) is 3.55. The van der Waals surface area contributed by atoms with Gasteiger partial charge in [-0.25, -0.2) is 4.99 Å². The number of para-hydroxylation sites is 1. The summed E-state index contributed by atoms with van der Waals surface area (Å²) < 4.78 is 56.1. The highest BCUT2D eigenvalue weighted by Crippen LogP contribution is 2.35. The van der Waals surface area contributed by atoms with Crippen molar-refractivity contribution in [1.82, 2.24) is 10.2 Å². The third kappa shape index (κ3) is 6.88. The summed E-state index contributed by atoms with van der Waals surface area (Å²) in [4.78, 5) is 6.65. The Morgan fingerprint density at radius 1 is 1.23 bits per heavy atom. The number of ether oxygens (including phenoxy) is 3. The molecule has 1 aromatic carbocycles. The zero-order chi connectivity index (χ0) is 20.7. The van der Waals surface area contributed by atoms with Crippen LogP contribution in [0.3, 0.4) is 0 Å². The lowest BCUT2D eigenvalue weighted by Crippen LogP contribution is -2.53. The van der Waals surface area contributed by atoms with E-state index >= 15 is 0 Å². The van der Waals surface area contributed by atoms with Crippen LogP contribution < -0.4 is 10.1 Å². The molecule has 170 valence electrons. The van der Waals surface area contributed by atoms with Crippen LogP contribution in [0.2, 0.25) is 0 Å². The first-order valence-electron chi connectivity index (χ1n) is 10.0. The van der Waals surface area contributed by atoms with Gasteiger partial charge in [0.2, 0.25) is 0 Å². The summed E-state index contributed by atoms with van der Waals surface area (Å²) in [5.74, 6) is 0.538. The zero-order valence-electron chi connectivity index (χ0n) is 17.0. The number of benzene rings is 1. The molecule has 2 atom stereocenters. The molecule has 0 bridgehead atoms. The number of alkyl halides is 3. The van der Waals surface area contributed by atoms with Gasteiger partial charge in [-0.15, -0.1) is 24.0 Å².